The van der Waals surface area contributed by atoms with Crippen molar-refractivity contribution in [3.05, 3.63) is 34.6 Å². The minimum atomic E-state index is -2.26. The van der Waals surface area contributed by atoms with Crippen molar-refractivity contribution < 1.29 is 51.0 Å². The third-order valence-corrected chi connectivity index (χ3v) is 7.83. The SMILES string of the molecule is C[C@@H]1CC[C@H]2[C@@](C)(O)[C@@H](OCc3c(F)c(F)c(F)c(F)c3F)O[C@@H]3O[C@@]4(C)CC[C@@H]1[C@]32OO4. The Bertz CT molecular complexity index is 946. The molecule has 8 atom stereocenters. The Morgan fingerprint density at radius 1 is 0.939 bits per heavy atom. The van der Waals surface area contributed by atoms with E-state index < -0.39 is 76.7 Å². The highest BCUT2D eigenvalue weighted by Crippen LogP contribution is 2.61. The lowest BCUT2D eigenvalue weighted by Gasteiger charge is -2.62. The van der Waals surface area contributed by atoms with Crippen molar-refractivity contribution in [3.8, 4) is 0 Å². The summed E-state index contributed by atoms with van der Waals surface area (Å²) in [5.74, 6) is -12.0. The molecule has 6 rings (SSSR count). The topological polar surface area (TPSA) is 66.4 Å². The maximum absolute atomic E-state index is 14.1. The Balaban J connectivity index is 1.48. The highest BCUT2D eigenvalue weighted by molar-refractivity contribution is 5.23. The first-order valence-electron chi connectivity index (χ1n) is 11.0. The van der Waals surface area contributed by atoms with Gasteiger partial charge in [0.2, 0.25) is 11.6 Å². The van der Waals surface area contributed by atoms with E-state index in [1.807, 2.05) is 0 Å². The Kier molecular flexibility index (Phi) is 5.36. The first kappa shape index (κ1) is 23.4. The third kappa shape index (κ3) is 3.20. The van der Waals surface area contributed by atoms with Gasteiger partial charge in [-0.2, -0.15) is 0 Å². The zero-order chi connectivity index (χ0) is 23.9. The van der Waals surface area contributed by atoms with Crippen LogP contribution in [0, 0.1) is 46.8 Å². The molecule has 0 amide bonds. The summed E-state index contributed by atoms with van der Waals surface area (Å²) in [6.45, 7) is 4.18. The van der Waals surface area contributed by atoms with Crippen LogP contribution in [0.15, 0.2) is 0 Å². The fourth-order valence-corrected chi connectivity index (χ4v) is 6.03. The Labute approximate surface area is 186 Å². The quantitative estimate of drug-likeness (QED) is 0.303. The van der Waals surface area contributed by atoms with Crippen molar-refractivity contribution >= 4 is 0 Å². The zero-order valence-corrected chi connectivity index (χ0v) is 18.3. The molecule has 5 fully saturated rings. The van der Waals surface area contributed by atoms with E-state index in [0.29, 0.717) is 19.3 Å². The molecule has 6 nitrogen and oxygen atoms in total. The van der Waals surface area contributed by atoms with Gasteiger partial charge < -0.3 is 19.3 Å². The van der Waals surface area contributed by atoms with E-state index in [4.69, 9.17) is 24.0 Å². The van der Waals surface area contributed by atoms with Crippen molar-refractivity contribution in [2.24, 2.45) is 17.8 Å². The van der Waals surface area contributed by atoms with Crippen molar-refractivity contribution in [1.29, 1.82) is 0 Å². The number of halogens is 5. The summed E-state index contributed by atoms with van der Waals surface area (Å²) in [6, 6.07) is 0. The Hall–Kier alpha value is -1.37. The number of hydrogen-bond acceptors (Lipinski definition) is 6. The van der Waals surface area contributed by atoms with Gasteiger partial charge in [-0.15, -0.1) is 0 Å². The van der Waals surface area contributed by atoms with Crippen molar-refractivity contribution in [2.45, 2.75) is 82.6 Å². The predicted octanol–water partition coefficient (Wildman–Crippen LogP) is 4.22. The molecule has 1 aromatic carbocycles. The number of hydrogen-bond donors (Lipinski definition) is 1. The van der Waals surface area contributed by atoms with Crippen LogP contribution in [-0.2, 0) is 30.6 Å². The molecule has 4 aliphatic heterocycles. The summed E-state index contributed by atoms with van der Waals surface area (Å²) < 4.78 is 86.3. The van der Waals surface area contributed by atoms with Gasteiger partial charge in [0.1, 0.15) is 5.60 Å². The molecule has 1 saturated carbocycles. The third-order valence-electron chi connectivity index (χ3n) is 7.83. The van der Waals surface area contributed by atoms with E-state index in [-0.39, 0.29) is 11.8 Å². The van der Waals surface area contributed by atoms with Gasteiger partial charge in [-0.3, -0.25) is 0 Å². The summed E-state index contributed by atoms with van der Waals surface area (Å²) >= 11 is 0. The Morgan fingerprint density at radius 2 is 1.58 bits per heavy atom. The van der Waals surface area contributed by atoms with Crippen molar-refractivity contribution in [3.63, 3.8) is 0 Å². The maximum Gasteiger partial charge on any atom is 0.201 e. The molecule has 4 saturated heterocycles. The minimum Gasteiger partial charge on any atom is -0.384 e. The summed E-state index contributed by atoms with van der Waals surface area (Å²) in [5, 5.41) is 11.5. The van der Waals surface area contributed by atoms with Crippen LogP contribution in [0.4, 0.5) is 22.0 Å². The van der Waals surface area contributed by atoms with Crippen molar-refractivity contribution in [2.75, 3.05) is 0 Å². The second-order valence-electron chi connectivity index (χ2n) is 9.91. The molecule has 4 heterocycles. The van der Waals surface area contributed by atoms with Gasteiger partial charge in [-0.1, -0.05) is 6.92 Å². The first-order valence-corrected chi connectivity index (χ1v) is 11.0. The first-order chi connectivity index (χ1) is 15.4. The molecule has 33 heavy (non-hydrogen) atoms. The van der Waals surface area contributed by atoms with Gasteiger partial charge in [0.25, 0.3) is 0 Å². The monoisotopic (exact) mass is 480 g/mol. The molecular formula is C22H25F5O6. The van der Waals surface area contributed by atoms with Crippen LogP contribution in [0.5, 0.6) is 0 Å². The van der Waals surface area contributed by atoms with E-state index in [1.54, 1.807) is 6.92 Å². The summed E-state index contributed by atoms with van der Waals surface area (Å²) in [7, 11) is 0. The minimum absolute atomic E-state index is 0.0619. The number of aliphatic hydroxyl groups is 1. The van der Waals surface area contributed by atoms with Crippen LogP contribution < -0.4 is 0 Å². The second-order valence-corrected chi connectivity index (χ2v) is 9.91. The maximum atomic E-state index is 14.1. The average molecular weight is 480 g/mol. The number of rotatable bonds is 3. The fourth-order valence-electron chi connectivity index (χ4n) is 6.03. The van der Waals surface area contributed by atoms with Gasteiger partial charge in [0.05, 0.1) is 12.2 Å². The van der Waals surface area contributed by atoms with Crippen molar-refractivity contribution in [1.82, 2.24) is 0 Å². The van der Waals surface area contributed by atoms with Crippen LogP contribution in [0.3, 0.4) is 0 Å². The molecule has 2 bridgehead atoms. The number of fused-ring (bicyclic) bond motifs is 2. The normalized spacial score (nSPS) is 44.5. The number of benzene rings is 1. The van der Waals surface area contributed by atoms with E-state index in [1.165, 1.54) is 6.92 Å². The summed E-state index contributed by atoms with van der Waals surface area (Å²) in [6.07, 6.45) is -0.0259. The fraction of sp³-hybridized carbons (Fsp3) is 0.727. The molecule has 1 spiro atoms. The molecule has 1 aliphatic carbocycles. The lowest BCUT2D eigenvalue weighted by atomic mass is 9.57. The van der Waals surface area contributed by atoms with E-state index in [9.17, 15) is 27.1 Å². The lowest BCUT2D eigenvalue weighted by molar-refractivity contribution is -0.584. The molecule has 1 N–H and O–H groups in total. The highest BCUT2D eigenvalue weighted by Gasteiger charge is 2.73. The van der Waals surface area contributed by atoms with Crippen LogP contribution in [-0.4, -0.2) is 34.7 Å². The number of ether oxygens (including phenoxy) is 3. The molecule has 0 radical (unpaired) electrons. The van der Waals surface area contributed by atoms with Crippen LogP contribution in [0.25, 0.3) is 0 Å². The highest BCUT2D eigenvalue weighted by atomic mass is 19.2. The molecule has 184 valence electrons. The van der Waals surface area contributed by atoms with Crippen LogP contribution in [0.1, 0.15) is 52.0 Å². The van der Waals surface area contributed by atoms with Gasteiger partial charge in [0, 0.05) is 12.3 Å². The average Bonchev–Trinajstić information content (AvgIpc) is 3.00. The largest absolute Gasteiger partial charge is 0.384 e. The van der Waals surface area contributed by atoms with E-state index >= 15 is 0 Å². The van der Waals surface area contributed by atoms with E-state index in [2.05, 4.69) is 6.92 Å². The summed E-state index contributed by atoms with van der Waals surface area (Å²) in [5.41, 5.74) is -4.04. The zero-order valence-electron chi connectivity index (χ0n) is 18.3. The predicted molar refractivity (Wildman–Crippen MR) is 99.3 cm³/mol. The Morgan fingerprint density at radius 3 is 2.24 bits per heavy atom. The molecule has 0 aromatic heterocycles. The van der Waals surface area contributed by atoms with E-state index in [0.717, 1.165) is 6.42 Å². The van der Waals surface area contributed by atoms with Crippen LogP contribution in [0.2, 0.25) is 0 Å². The molecule has 0 unspecified atom stereocenters. The van der Waals surface area contributed by atoms with Gasteiger partial charge >= 0.3 is 0 Å². The standard InChI is InChI=1S/C22H25F5O6/c1-9-4-5-12-21(3,28)18(29-8-10-13(23)15(25)17(27)16(26)14(10)24)30-19-22(12)11(9)6-7-20(2,31-19)32-33-22/h9,11-12,18-19,28H,4-8H2,1-3H3/t9-,11+,12+,18+,19-,20-,21-,22-/m1/s1. The molecule has 11 heteroatoms. The van der Waals surface area contributed by atoms with Gasteiger partial charge in [0.15, 0.2) is 41.4 Å². The second kappa shape index (κ2) is 7.56. The smallest absolute Gasteiger partial charge is 0.201 e. The lowest BCUT2D eigenvalue weighted by Crippen LogP contribution is -2.75. The van der Waals surface area contributed by atoms with Gasteiger partial charge in [-0.25, -0.2) is 31.7 Å². The molecule has 1 aromatic rings. The molecular weight excluding hydrogens is 455 g/mol. The summed E-state index contributed by atoms with van der Waals surface area (Å²) in [4.78, 5) is 11.5. The van der Waals surface area contributed by atoms with Gasteiger partial charge in [-0.05, 0) is 44.9 Å². The molecule has 5 aliphatic rings. The van der Waals surface area contributed by atoms with Crippen LogP contribution >= 0.6 is 0 Å².